The maximum absolute atomic E-state index is 13.7. The Balaban J connectivity index is 1.52. The number of ether oxygens (including phenoxy) is 1. The van der Waals surface area contributed by atoms with E-state index < -0.39 is 34.8 Å². The minimum absolute atomic E-state index is 0.0130. The molecule has 12 heteroatoms. The summed E-state index contributed by atoms with van der Waals surface area (Å²) in [5, 5.41) is 12.7. The Morgan fingerprint density at radius 3 is 2.63 bits per heavy atom. The highest BCUT2D eigenvalue weighted by Gasteiger charge is 2.44. The number of hydrogen-bond acceptors (Lipinski definition) is 7. The molecule has 0 spiro atoms. The van der Waals surface area contributed by atoms with Crippen molar-refractivity contribution >= 4 is 22.7 Å². The molecule has 2 amide bonds. The van der Waals surface area contributed by atoms with Crippen molar-refractivity contribution in [2.24, 2.45) is 10.9 Å². The number of benzene rings is 2. The van der Waals surface area contributed by atoms with E-state index >= 15 is 0 Å². The largest absolute Gasteiger partial charge is 0.489 e. The number of hydrogen-bond donors (Lipinski definition) is 3. The zero-order valence-electron chi connectivity index (χ0n) is 20.1. The predicted octanol–water partition coefficient (Wildman–Crippen LogP) is 3.32. The van der Waals surface area contributed by atoms with Crippen molar-refractivity contribution in [2.75, 3.05) is 19.7 Å². The highest BCUT2D eigenvalue weighted by molar-refractivity contribution is 6.04. The van der Waals surface area contributed by atoms with Crippen LogP contribution in [0.15, 0.2) is 53.7 Å². The van der Waals surface area contributed by atoms with Crippen LogP contribution in [0.4, 0.5) is 8.78 Å². The molecule has 5 rings (SSSR count). The Bertz CT molecular complexity index is 1570. The van der Waals surface area contributed by atoms with Gasteiger partial charge in [0, 0.05) is 34.7 Å². The van der Waals surface area contributed by atoms with Gasteiger partial charge in [-0.15, -0.1) is 0 Å². The van der Waals surface area contributed by atoms with Gasteiger partial charge in [0.2, 0.25) is 5.91 Å². The van der Waals surface area contributed by atoms with Gasteiger partial charge in [-0.3, -0.25) is 14.7 Å². The van der Waals surface area contributed by atoms with Crippen LogP contribution in [0.3, 0.4) is 0 Å². The van der Waals surface area contributed by atoms with E-state index in [1.54, 1.807) is 13.0 Å². The quantitative estimate of drug-likeness (QED) is 0.303. The van der Waals surface area contributed by atoms with Crippen molar-refractivity contribution in [3.63, 3.8) is 0 Å². The summed E-state index contributed by atoms with van der Waals surface area (Å²) in [6.45, 7) is 1.29. The number of primary amides is 1. The number of aromatic nitrogens is 3. The van der Waals surface area contributed by atoms with Gasteiger partial charge < -0.3 is 15.8 Å². The van der Waals surface area contributed by atoms with Crippen molar-refractivity contribution in [3.8, 4) is 17.0 Å². The molecule has 0 unspecified atom stereocenters. The Kier molecular flexibility index (Phi) is 6.31. The maximum Gasteiger partial charge on any atom is 0.272 e. The molecule has 2 aromatic heterocycles. The number of carbonyl (C=O) groups is 2. The van der Waals surface area contributed by atoms with Crippen molar-refractivity contribution < 1.29 is 23.1 Å². The first-order valence-corrected chi connectivity index (χ1v) is 11.7. The van der Waals surface area contributed by atoms with Crippen molar-refractivity contribution in [3.05, 3.63) is 82.0 Å². The molecule has 0 saturated carbocycles. The van der Waals surface area contributed by atoms with Crippen LogP contribution in [0.1, 0.15) is 34.6 Å². The average Bonchev–Trinajstić information content (AvgIpc) is 3.48. The third-order valence-corrected chi connectivity index (χ3v) is 6.72. The van der Waals surface area contributed by atoms with Gasteiger partial charge in [0.05, 0.1) is 12.1 Å². The molecule has 1 aliphatic rings. The summed E-state index contributed by atoms with van der Waals surface area (Å²) in [6, 6.07) is 11.1. The van der Waals surface area contributed by atoms with E-state index in [9.17, 15) is 23.3 Å². The molecule has 0 radical (unpaired) electrons. The smallest absolute Gasteiger partial charge is 0.272 e. The van der Waals surface area contributed by atoms with Gasteiger partial charge in [0.15, 0.2) is 5.69 Å². The first-order valence-electron chi connectivity index (χ1n) is 11.7. The lowest BCUT2D eigenvalue weighted by Crippen LogP contribution is -2.40. The number of nitrogens with one attached hydrogen (secondary N) is 2. The third-order valence-electron chi connectivity index (χ3n) is 6.72. The summed E-state index contributed by atoms with van der Waals surface area (Å²) < 4.78 is 33.2. The number of rotatable bonds is 8. The number of halogens is 2. The van der Waals surface area contributed by atoms with Crippen LogP contribution in [0.2, 0.25) is 0 Å². The summed E-state index contributed by atoms with van der Waals surface area (Å²) >= 11 is 0. The lowest BCUT2D eigenvalue weighted by atomic mass is 9.82. The first-order chi connectivity index (χ1) is 18.2. The second-order valence-corrected chi connectivity index (χ2v) is 9.25. The van der Waals surface area contributed by atoms with Crippen LogP contribution in [-0.2, 0) is 10.2 Å². The lowest BCUT2D eigenvalue weighted by Gasteiger charge is -2.21. The second kappa shape index (κ2) is 9.61. The summed E-state index contributed by atoms with van der Waals surface area (Å²) in [5.41, 5.74) is 6.65. The van der Waals surface area contributed by atoms with Crippen LogP contribution in [0.25, 0.3) is 22.2 Å². The fraction of sp³-hybridized carbons (Fsp3) is 0.231. The molecule has 2 atom stereocenters. The van der Waals surface area contributed by atoms with Gasteiger partial charge in [-0.1, -0.05) is 5.18 Å². The molecule has 0 aliphatic carbocycles. The van der Waals surface area contributed by atoms with Crippen molar-refractivity contribution in [1.29, 1.82) is 0 Å². The van der Waals surface area contributed by atoms with Crippen LogP contribution < -0.4 is 15.8 Å². The van der Waals surface area contributed by atoms with E-state index in [0.717, 1.165) is 0 Å². The molecule has 0 bridgehead atoms. The number of nitroso groups, excluding NO2 is 1. The number of nitrogens with two attached hydrogens (primary N) is 1. The molecule has 1 aliphatic heterocycles. The lowest BCUT2D eigenvalue weighted by molar-refractivity contribution is -0.123. The van der Waals surface area contributed by atoms with Crippen LogP contribution in [-0.4, -0.2) is 46.7 Å². The molecule has 4 aromatic rings. The Morgan fingerprint density at radius 2 is 1.92 bits per heavy atom. The summed E-state index contributed by atoms with van der Waals surface area (Å²) in [6.07, 6.45) is 0. The maximum atomic E-state index is 13.7. The summed E-state index contributed by atoms with van der Waals surface area (Å²) in [5.74, 6) is -2.56. The number of aromatic amines is 1. The molecule has 0 fully saturated rings. The van der Waals surface area contributed by atoms with Crippen LogP contribution >= 0.6 is 0 Å². The minimum atomic E-state index is -1.18. The number of pyridine rings is 1. The molecule has 2 aromatic carbocycles. The fourth-order valence-electron chi connectivity index (χ4n) is 4.43. The van der Waals surface area contributed by atoms with E-state index in [1.165, 1.54) is 42.5 Å². The number of fused-ring (bicyclic) bond motifs is 2. The molecule has 38 heavy (non-hydrogen) atoms. The van der Waals surface area contributed by atoms with Gasteiger partial charge in [-0.05, 0) is 55.5 Å². The van der Waals surface area contributed by atoms with Gasteiger partial charge in [-0.25, -0.2) is 13.8 Å². The van der Waals surface area contributed by atoms with Gasteiger partial charge in [-0.2, -0.15) is 10.0 Å². The Hall–Kier alpha value is -4.74. The molecular weight excluding hydrogens is 498 g/mol. The zero-order valence-corrected chi connectivity index (χ0v) is 20.1. The average molecular weight is 520 g/mol. The number of nitrogens with zero attached hydrogens (tertiary/aromatic N) is 3. The second-order valence-electron chi connectivity index (χ2n) is 9.25. The first kappa shape index (κ1) is 24.9. The van der Waals surface area contributed by atoms with Crippen LogP contribution in [0, 0.1) is 16.5 Å². The minimum Gasteiger partial charge on any atom is -0.489 e. The third kappa shape index (κ3) is 4.33. The standard InChI is InChI=1S/C26H22F2N6O4/c1-26(25(29)36)12-38-23-18(26)9-20(32-21(23)13-2-4-15(27)5-3-13)14(11-31-37)10-30-24(35)22-17-8-16(28)6-7-19(17)33-34-22/h2-9,14H,10-12H2,1H3,(H2,29,36)(H,30,35)(H,33,34)/t14-,26-/m0/s1. The van der Waals surface area contributed by atoms with Crippen molar-refractivity contribution in [2.45, 2.75) is 18.3 Å². The highest BCUT2D eigenvalue weighted by Crippen LogP contribution is 2.45. The molecule has 0 saturated heterocycles. The number of amides is 2. The zero-order chi connectivity index (χ0) is 27.0. The number of carbonyl (C=O) groups excluding carboxylic acids is 2. The number of H-pyrrole nitrogens is 1. The molecule has 3 heterocycles. The molecule has 194 valence electrons. The Labute approximate surface area is 214 Å². The van der Waals surface area contributed by atoms with Gasteiger partial charge in [0.1, 0.15) is 35.1 Å². The highest BCUT2D eigenvalue weighted by atomic mass is 19.1. The normalized spacial score (nSPS) is 17.0. The van der Waals surface area contributed by atoms with E-state index in [2.05, 4.69) is 25.7 Å². The van der Waals surface area contributed by atoms with Gasteiger partial charge >= 0.3 is 0 Å². The topological polar surface area (TPSA) is 152 Å². The summed E-state index contributed by atoms with van der Waals surface area (Å²) in [4.78, 5) is 41.3. The van der Waals surface area contributed by atoms with E-state index in [1.807, 2.05) is 0 Å². The monoisotopic (exact) mass is 520 g/mol. The van der Waals surface area contributed by atoms with Gasteiger partial charge in [0.25, 0.3) is 5.91 Å². The summed E-state index contributed by atoms with van der Waals surface area (Å²) in [7, 11) is 0. The van der Waals surface area contributed by atoms with Crippen molar-refractivity contribution in [1.82, 2.24) is 20.5 Å². The Morgan fingerprint density at radius 1 is 1.18 bits per heavy atom. The van der Waals surface area contributed by atoms with E-state index in [-0.39, 0.29) is 25.4 Å². The fourth-order valence-corrected chi connectivity index (χ4v) is 4.43. The SMILES string of the molecule is C[C@]1(C(N)=O)COc2c1cc([C@H](CN=O)CNC(=O)c1n[nH]c3ccc(F)cc13)nc2-c1ccc(F)cc1. The molecule has 4 N–H and O–H groups in total. The molecular formula is C26H22F2N6O4. The van der Waals surface area contributed by atoms with E-state index in [0.29, 0.717) is 39.2 Å². The van der Waals surface area contributed by atoms with Crippen LogP contribution in [0.5, 0.6) is 5.75 Å². The predicted molar refractivity (Wildman–Crippen MR) is 133 cm³/mol. The van der Waals surface area contributed by atoms with E-state index in [4.69, 9.17) is 10.5 Å². The molecule has 10 nitrogen and oxygen atoms in total.